The van der Waals surface area contributed by atoms with E-state index >= 15 is 0 Å². The number of amides is 1. The molecule has 84 valence electrons. The van der Waals surface area contributed by atoms with Crippen molar-refractivity contribution in [3.63, 3.8) is 0 Å². The van der Waals surface area contributed by atoms with E-state index in [2.05, 4.69) is 27.3 Å². The number of carbonyl (C=O) groups excluding carboxylic acids is 1. The third kappa shape index (κ3) is 4.77. The minimum absolute atomic E-state index is 0.0793. The van der Waals surface area contributed by atoms with Gasteiger partial charge < -0.3 is 5.32 Å². The second-order valence-electron chi connectivity index (χ2n) is 3.33. The fourth-order valence-corrected chi connectivity index (χ4v) is 2.82. The molecule has 0 aromatic carbocycles. The van der Waals surface area contributed by atoms with Crippen molar-refractivity contribution >= 4 is 33.2 Å². The fourth-order valence-electron chi connectivity index (χ4n) is 1.26. The molecule has 1 amide bonds. The number of hydrogen-bond acceptors (Lipinski definition) is 3. The minimum Gasteiger partial charge on any atom is -0.355 e. The number of thiophene rings is 1. The summed E-state index contributed by atoms with van der Waals surface area (Å²) in [7, 11) is 1.95. The molecule has 0 bridgehead atoms. The normalized spacial score (nSPS) is 10.7. The molecule has 0 aliphatic carbocycles. The molecule has 0 fully saturated rings. The number of halogens is 1. The molecule has 0 saturated heterocycles. The van der Waals surface area contributed by atoms with Gasteiger partial charge in [-0.05, 0) is 42.0 Å². The lowest BCUT2D eigenvalue weighted by molar-refractivity contribution is -0.121. The van der Waals surface area contributed by atoms with Gasteiger partial charge in [0.25, 0.3) is 0 Å². The monoisotopic (exact) mass is 290 g/mol. The summed E-state index contributed by atoms with van der Waals surface area (Å²) in [5, 5.41) is 2.78. The maximum absolute atomic E-state index is 11.3. The first kappa shape index (κ1) is 12.7. The molecule has 0 saturated carbocycles. The number of nitrogens with zero attached hydrogens (tertiary/aromatic N) is 1. The number of hydrogen-bond donors (Lipinski definition) is 1. The SMILES string of the molecule is CCNC(=O)CN(C)Cc1ccc(Br)s1. The second kappa shape index (κ2) is 6.25. The van der Waals surface area contributed by atoms with Crippen LogP contribution in [-0.2, 0) is 11.3 Å². The van der Waals surface area contributed by atoms with Crippen LogP contribution in [0, 0.1) is 0 Å². The van der Waals surface area contributed by atoms with Crippen LogP contribution >= 0.6 is 27.3 Å². The summed E-state index contributed by atoms with van der Waals surface area (Å²) in [6.45, 7) is 3.88. The van der Waals surface area contributed by atoms with Gasteiger partial charge in [0.05, 0.1) is 10.3 Å². The smallest absolute Gasteiger partial charge is 0.234 e. The van der Waals surface area contributed by atoms with Gasteiger partial charge in [-0.2, -0.15) is 0 Å². The summed E-state index contributed by atoms with van der Waals surface area (Å²) in [5.41, 5.74) is 0. The fraction of sp³-hybridized carbons (Fsp3) is 0.500. The van der Waals surface area contributed by atoms with Crippen molar-refractivity contribution in [2.24, 2.45) is 0 Å². The molecule has 1 heterocycles. The standard InChI is InChI=1S/C10H15BrN2OS/c1-3-12-10(14)7-13(2)6-8-4-5-9(11)15-8/h4-5H,3,6-7H2,1-2H3,(H,12,14). The first-order valence-electron chi connectivity index (χ1n) is 4.81. The lowest BCUT2D eigenvalue weighted by Crippen LogP contribution is -2.34. The highest BCUT2D eigenvalue weighted by atomic mass is 79.9. The molecule has 0 spiro atoms. The molecular formula is C10H15BrN2OS. The molecule has 0 unspecified atom stereocenters. The van der Waals surface area contributed by atoms with Gasteiger partial charge in [0, 0.05) is 18.0 Å². The van der Waals surface area contributed by atoms with E-state index in [9.17, 15) is 4.79 Å². The molecule has 3 nitrogen and oxygen atoms in total. The predicted octanol–water partition coefficient (Wildman–Crippen LogP) is 2.08. The Morgan fingerprint density at radius 2 is 2.33 bits per heavy atom. The van der Waals surface area contributed by atoms with Crippen molar-refractivity contribution < 1.29 is 4.79 Å². The highest BCUT2D eigenvalue weighted by Gasteiger charge is 2.07. The van der Waals surface area contributed by atoms with E-state index in [1.165, 1.54) is 4.88 Å². The van der Waals surface area contributed by atoms with Gasteiger partial charge in [-0.3, -0.25) is 9.69 Å². The van der Waals surface area contributed by atoms with Crippen LogP contribution in [0.4, 0.5) is 0 Å². The summed E-state index contributed by atoms with van der Waals surface area (Å²) >= 11 is 5.12. The molecule has 0 aliphatic rings. The van der Waals surface area contributed by atoms with E-state index in [1.807, 2.05) is 24.9 Å². The molecule has 1 aromatic heterocycles. The van der Waals surface area contributed by atoms with Gasteiger partial charge >= 0.3 is 0 Å². The van der Waals surface area contributed by atoms with Gasteiger partial charge in [0.15, 0.2) is 0 Å². The Bertz CT molecular complexity index is 327. The van der Waals surface area contributed by atoms with Crippen LogP contribution in [0.15, 0.2) is 15.9 Å². The summed E-state index contributed by atoms with van der Waals surface area (Å²) in [5.74, 6) is 0.0793. The van der Waals surface area contributed by atoms with Crippen molar-refractivity contribution in [3.05, 3.63) is 20.8 Å². The average Bonchev–Trinajstić information content (AvgIpc) is 2.51. The Morgan fingerprint density at radius 1 is 1.60 bits per heavy atom. The maximum atomic E-state index is 11.3. The predicted molar refractivity (Wildman–Crippen MR) is 67.0 cm³/mol. The quantitative estimate of drug-likeness (QED) is 0.901. The molecule has 0 radical (unpaired) electrons. The molecule has 1 aromatic rings. The Kier molecular flexibility index (Phi) is 5.28. The van der Waals surface area contributed by atoms with Crippen molar-refractivity contribution in [1.82, 2.24) is 10.2 Å². The molecular weight excluding hydrogens is 276 g/mol. The molecule has 1 rings (SSSR count). The van der Waals surface area contributed by atoms with E-state index in [1.54, 1.807) is 11.3 Å². The van der Waals surface area contributed by atoms with Crippen LogP contribution < -0.4 is 5.32 Å². The van der Waals surface area contributed by atoms with Crippen LogP contribution in [0.2, 0.25) is 0 Å². The molecule has 15 heavy (non-hydrogen) atoms. The summed E-state index contributed by atoms with van der Waals surface area (Å²) in [6, 6.07) is 4.10. The number of nitrogens with one attached hydrogen (secondary N) is 1. The number of carbonyl (C=O) groups is 1. The molecule has 1 N–H and O–H groups in total. The zero-order valence-corrected chi connectivity index (χ0v) is 11.3. The molecule has 0 aliphatic heterocycles. The first-order valence-corrected chi connectivity index (χ1v) is 6.42. The Balaban J connectivity index is 2.35. The van der Waals surface area contributed by atoms with E-state index < -0.39 is 0 Å². The van der Waals surface area contributed by atoms with Gasteiger partial charge in [-0.25, -0.2) is 0 Å². The third-order valence-corrected chi connectivity index (χ3v) is 3.45. The van der Waals surface area contributed by atoms with Crippen LogP contribution in [0.5, 0.6) is 0 Å². The summed E-state index contributed by atoms with van der Waals surface area (Å²) in [6.07, 6.45) is 0. The van der Waals surface area contributed by atoms with Crippen molar-refractivity contribution in [3.8, 4) is 0 Å². The van der Waals surface area contributed by atoms with E-state index in [4.69, 9.17) is 0 Å². The summed E-state index contributed by atoms with van der Waals surface area (Å²) in [4.78, 5) is 14.6. The van der Waals surface area contributed by atoms with Gasteiger partial charge in [-0.15, -0.1) is 11.3 Å². The average molecular weight is 291 g/mol. The zero-order chi connectivity index (χ0) is 11.3. The maximum Gasteiger partial charge on any atom is 0.234 e. The van der Waals surface area contributed by atoms with Crippen molar-refractivity contribution in [1.29, 1.82) is 0 Å². The van der Waals surface area contributed by atoms with E-state index in [-0.39, 0.29) is 5.91 Å². The first-order chi connectivity index (χ1) is 7.11. The van der Waals surface area contributed by atoms with Crippen LogP contribution in [0.25, 0.3) is 0 Å². The second-order valence-corrected chi connectivity index (χ2v) is 5.88. The Labute approximate surface area is 103 Å². The van der Waals surface area contributed by atoms with Crippen LogP contribution in [-0.4, -0.2) is 30.9 Å². The minimum atomic E-state index is 0.0793. The van der Waals surface area contributed by atoms with Crippen molar-refractivity contribution in [2.75, 3.05) is 20.1 Å². The lowest BCUT2D eigenvalue weighted by Gasteiger charge is -2.14. The Morgan fingerprint density at radius 3 is 2.87 bits per heavy atom. The van der Waals surface area contributed by atoms with Crippen molar-refractivity contribution in [2.45, 2.75) is 13.5 Å². The summed E-state index contributed by atoms with van der Waals surface area (Å²) < 4.78 is 1.13. The number of likely N-dealkylation sites (N-methyl/N-ethyl adjacent to an activating group) is 2. The van der Waals surface area contributed by atoms with E-state index in [0.29, 0.717) is 13.1 Å². The highest BCUT2D eigenvalue weighted by Crippen LogP contribution is 2.22. The van der Waals surface area contributed by atoms with Crippen LogP contribution in [0.3, 0.4) is 0 Å². The molecule has 5 heteroatoms. The molecule has 0 atom stereocenters. The lowest BCUT2D eigenvalue weighted by atomic mass is 10.4. The zero-order valence-electron chi connectivity index (χ0n) is 8.92. The Hall–Kier alpha value is -0.390. The van der Waals surface area contributed by atoms with Crippen LogP contribution in [0.1, 0.15) is 11.8 Å². The number of rotatable bonds is 5. The van der Waals surface area contributed by atoms with Gasteiger partial charge in [-0.1, -0.05) is 0 Å². The van der Waals surface area contributed by atoms with Gasteiger partial charge in [0.2, 0.25) is 5.91 Å². The van der Waals surface area contributed by atoms with E-state index in [0.717, 1.165) is 10.3 Å². The third-order valence-electron chi connectivity index (χ3n) is 1.84. The highest BCUT2D eigenvalue weighted by molar-refractivity contribution is 9.11. The topological polar surface area (TPSA) is 32.3 Å². The largest absolute Gasteiger partial charge is 0.355 e. The van der Waals surface area contributed by atoms with Gasteiger partial charge in [0.1, 0.15) is 0 Å².